The van der Waals surface area contributed by atoms with Gasteiger partial charge in [-0.15, -0.1) is 0 Å². The highest BCUT2D eigenvalue weighted by Gasteiger charge is 2.20. The molecule has 0 radical (unpaired) electrons. The van der Waals surface area contributed by atoms with E-state index in [2.05, 4.69) is 23.8 Å². The van der Waals surface area contributed by atoms with Crippen molar-refractivity contribution in [1.29, 1.82) is 0 Å². The summed E-state index contributed by atoms with van der Waals surface area (Å²) in [5.74, 6) is 0.872. The van der Waals surface area contributed by atoms with Gasteiger partial charge in [0.05, 0.1) is 0 Å². The van der Waals surface area contributed by atoms with E-state index in [1.807, 2.05) is 0 Å². The molecule has 1 aliphatic rings. The SMILES string of the molecule is CCN(CCN)C[C@@H]1CCN(C)C1. The average molecular weight is 185 g/mol. The highest BCUT2D eigenvalue weighted by molar-refractivity contribution is 4.75. The lowest BCUT2D eigenvalue weighted by Crippen LogP contribution is -2.34. The second-order valence-corrected chi connectivity index (χ2v) is 4.10. The molecule has 0 saturated carbocycles. The average Bonchev–Trinajstić information content (AvgIpc) is 2.50. The molecule has 0 spiro atoms. The van der Waals surface area contributed by atoms with E-state index >= 15 is 0 Å². The van der Waals surface area contributed by atoms with Crippen LogP contribution in [0.1, 0.15) is 13.3 Å². The van der Waals surface area contributed by atoms with E-state index in [0.29, 0.717) is 0 Å². The molecule has 1 saturated heterocycles. The number of likely N-dealkylation sites (N-methyl/N-ethyl adjacent to an activating group) is 1. The predicted molar refractivity (Wildman–Crippen MR) is 56.8 cm³/mol. The van der Waals surface area contributed by atoms with Crippen molar-refractivity contribution in [2.45, 2.75) is 13.3 Å². The zero-order valence-electron chi connectivity index (χ0n) is 9.00. The van der Waals surface area contributed by atoms with E-state index in [1.54, 1.807) is 0 Å². The molecule has 78 valence electrons. The third-order valence-electron chi connectivity index (χ3n) is 2.90. The molecule has 13 heavy (non-hydrogen) atoms. The van der Waals surface area contributed by atoms with E-state index in [4.69, 9.17) is 5.73 Å². The molecule has 1 atom stereocenters. The van der Waals surface area contributed by atoms with Crippen molar-refractivity contribution in [2.24, 2.45) is 11.7 Å². The zero-order valence-corrected chi connectivity index (χ0v) is 9.00. The van der Waals surface area contributed by atoms with Crippen molar-refractivity contribution < 1.29 is 0 Å². The summed E-state index contributed by atoms with van der Waals surface area (Å²) in [7, 11) is 2.21. The second kappa shape index (κ2) is 5.58. The summed E-state index contributed by atoms with van der Waals surface area (Å²) >= 11 is 0. The number of rotatable bonds is 5. The molecule has 1 aliphatic heterocycles. The van der Waals surface area contributed by atoms with E-state index in [1.165, 1.54) is 26.1 Å². The second-order valence-electron chi connectivity index (χ2n) is 4.10. The molecular weight excluding hydrogens is 162 g/mol. The number of nitrogens with two attached hydrogens (primary N) is 1. The van der Waals surface area contributed by atoms with Crippen LogP contribution in [0.15, 0.2) is 0 Å². The van der Waals surface area contributed by atoms with Crippen LogP contribution in [-0.4, -0.2) is 56.1 Å². The van der Waals surface area contributed by atoms with Crippen LogP contribution in [0.4, 0.5) is 0 Å². The minimum atomic E-state index is 0.788. The first-order valence-corrected chi connectivity index (χ1v) is 5.37. The molecule has 1 fully saturated rings. The maximum absolute atomic E-state index is 5.55. The molecule has 0 aromatic rings. The first-order valence-electron chi connectivity index (χ1n) is 5.37. The highest BCUT2D eigenvalue weighted by atomic mass is 15.2. The molecule has 3 heteroatoms. The molecule has 3 nitrogen and oxygen atoms in total. The molecule has 1 heterocycles. The van der Waals surface area contributed by atoms with Crippen LogP contribution in [0.2, 0.25) is 0 Å². The van der Waals surface area contributed by atoms with Gasteiger partial charge >= 0.3 is 0 Å². The first kappa shape index (κ1) is 11.0. The van der Waals surface area contributed by atoms with Gasteiger partial charge in [-0.1, -0.05) is 6.92 Å². The van der Waals surface area contributed by atoms with Crippen molar-refractivity contribution >= 4 is 0 Å². The van der Waals surface area contributed by atoms with Gasteiger partial charge in [-0.2, -0.15) is 0 Å². The molecule has 0 aliphatic carbocycles. The highest BCUT2D eigenvalue weighted by Crippen LogP contribution is 2.15. The van der Waals surface area contributed by atoms with Crippen molar-refractivity contribution in [3.63, 3.8) is 0 Å². The van der Waals surface area contributed by atoms with Crippen LogP contribution in [0.25, 0.3) is 0 Å². The Hall–Kier alpha value is -0.120. The van der Waals surface area contributed by atoms with E-state index in [9.17, 15) is 0 Å². The summed E-state index contributed by atoms with van der Waals surface area (Å²) in [6, 6.07) is 0. The van der Waals surface area contributed by atoms with Gasteiger partial charge in [0.25, 0.3) is 0 Å². The molecule has 2 N–H and O–H groups in total. The van der Waals surface area contributed by atoms with Gasteiger partial charge in [0.15, 0.2) is 0 Å². The fourth-order valence-corrected chi connectivity index (χ4v) is 2.10. The first-order chi connectivity index (χ1) is 6.26. The van der Waals surface area contributed by atoms with Gasteiger partial charge in [-0.3, -0.25) is 0 Å². The molecule has 0 unspecified atom stereocenters. The van der Waals surface area contributed by atoms with Gasteiger partial charge in [-0.05, 0) is 32.5 Å². The normalized spacial score (nSPS) is 24.5. The summed E-state index contributed by atoms with van der Waals surface area (Å²) < 4.78 is 0. The minimum Gasteiger partial charge on any atom is -0.329 e. The van der Waals surface area contributed by atoms with E-state index < -0.39 is 0 Å². The summed E-state index contributed by atoms with van der Waals surface area (Å²) in [4.78, 5) is 4.88. The molecule has 0 aromatic carbocycles. The Morgan fingerprint density at radius 3 is 2.77 bits per heavy atom. The molecule has 0 aromatic heterocycles. The van der Waals surface area contributed by atoms with Crippen LogP contribution >= 0.6 is 0 Å². The van der Waals surface area contributed by atoms with Gasteiger partial charge in [0.2, 0.25) is 0 Å². The Balaban J connectivity index is 2.21. The number of hydrogen-bond donors (Lipinski definition) is 1. The van der Waals surface area contributed by atoms with Crippen LogP contribution in [0, 0.1) is 5.92 Å². The third kappa shape index (κ3) is 3.63. The van der Waals surface area contributed by atoms with Gasteiger partial charge in [0, 0.05) is 26.2 Å². The number of likely N-dealkylation sites (tertiary alicyclic amines) is 1. The van der Waals surface area contributed by atoms with Crippen LogP contribution in [-0.2, 0) is 0 Å². The van der Waals surface area contributed by atoms with Crippen LogP contribution in [0.5, 0.6) is 0 Å². The summed E-state index contributed by atoms with van der Waals surface area (Å²) in [6.45, 7) is 8.96. The van der Waals surface area contributed by atoms with Crippen LogP contribution in [0.3, 0.4) is 0 Å². The van der Waals surface area contributed by atoms with Crippen molar-refractivity contribution in [3.05, 3.63) is 0 Å². The Morgan fingerprint density at radius 2 is 2.31 bits per heavy atom. The lowest BCUT2D eigenvalue weighted by Gasteiger charge is -2.23. The topological polar surface area (TPSA) is 32.5 Å². The van der Waals surface area contributed by atoms with E-state index in [-0.39, 0.29) is 0 Å². The van der Waals surface area contributed by atoms with Gasteiger partial charge in [0.1, 0.15) is 0 Å². The Kier molecular flexibility index (Phi) is 4.70. The Morgan fingerprint density at radius 1 is 1.54 bits per heavy atom. The van der Waals surface area contributed by atoms with Crippen LogP contribution < -0.4 is 5.73 Å². The van der Waals surface area contributed by atoms with E-state index in [0.717, 1.165) is 25.6 Å². The van der Waals surface area contributed by atoms with Crippen molar-refractivity contribution in [2.75, 3.05) is 46.3 Å². The molecule has 0 amide bonds. The van der Waals surface area contributed by atoms with Crippen molar-refractivity contribution in [1.82, 2.24) is 9.80 Å². The van der Waals surface area contributed by atoms with Crippen molar-refractivity contribution in [3.8, 4) is 0 Å². The maximum atomic E-state index is 5.55. The maximum Gasteiger partial charge on any atom is 0.0105 e. The lowest BCUT2D eigenvalue weighted by molar-refractivity contribution is 0.246. The molecule has 0 bridgehead atoms. The third-order valence-corrected chi connectivity index (χ3v) is 2.90. The monoisotopic (exact) mass is 185 g/mol. The zero-order chi connectivity index (χ0) is 9.68. The lowest BCUT2D eigenvalue weighted by atomic mass is 10.1. The number of nitrogens with zero attached hydrogens (tertiary/aromatic N) is 2. The van der Waals surface area contributed by atoms with Gasteiger partial charge < -0.3 is 15.5 Å². The minimum absolute atomic E-state index is 0.788. The summed E-state index contributed by atoms with van der Waals surface area (Å²) in [5.41, 5.74) is 5.55. The Bertz CT molecular complexity index is 136. The number of hydrogen-bond acceptors (Lipinski definition) is 3. The fraction of sp³-hybridized carbons (Fsp3) is 1.00. The van der Waals surface area contributed by atoms with Gasteiger partial charge in [-0.25, -0.2) is 0 Å². The largest absolute Gasteiger partial charge is 0.329 e. The summed E-state index contributed by atoms with van der Waals surface area (Å²) in [6.07, 6.45) is 1.36. The summed E-state index contributed by atoms with van der Waals surface area (Å²) in [5, 5.41) is 0. The smallest absolute Gasteiger partial charge is 0.0105 e. The molecular formula is C10H23N3. The standard InChI is InChI=1S/C10H23N3/c1-3-13(7-5-11)9-10-4-6-12(2)8-10/h10H,3-9,11H2,1-2H3/t10-/m1/s1. The predicted octanol–water partition coefficient (Wildman–Crippen LogP) is 0.219. The fourth-order valence-electron chi connectivity index (χ4n) is 2.10. The molecule has 1 rings (SSSR count). The quantitative estimate of drug-likeness (QED) is 0.665. The Labute approximate surface area is 81.9 Å².